The van der Waals surface area contributed by atoms with Crippen LogP contribution in [0.3, 0.4) is 0 Å². The molecule has 0 spiro atoms. The molecule has 2 unspecified atom stereocenters. The first-order chi connectivity index (χ1) is 8.72. The molecule has 0 bridgehead atoms. The Labute approximate surface area is 108 Å². The van der Waals surface area contributed by atoms with Crippen LogP contribution in [0.2, 0.25) is 0 Å². The van der Waals surface area contributed by atoms with Gasteiger partial charge >= 0.3 is 0 Å². The average molecular weight is 245 g/mol. The second-order valence-electron chi connectivity index (χ2n) is 4.78. The molecule has 0 saturated heterocycles. The fourth-order valence-corrected chi connectivity index (χ4v) is 2.49. The number of rotatable bonds is 3. The number of ether oxygens (including phenoxy) is 1. The van der Waals surface area contributed by atoms with Gasteiger partial charge < -0.3 is 10.1 Å². The first-order valence-corrected chi connectivity index (χ1v) is 6.45. The van der Waals surface area contributed by atoms with E-state index in [0.717, 1.165) is 18.5 Å². The highest BCUT2D eigenvalue weighted by Crippen LogP contribution is 2.23. The fourth-order valence-electron chi connectivity index (χ4n) is 2.49. The predicted octanol–water partition coefficient (Wildman–Crippen LogP) is 2.17. The molecule has 1 fully saturated rings. The van der Waals surface area contributed by atoms with Gasteiger partial charge in [-0.2, -0.15) is 5.26 Å². The van der Waals surface area contributed by atoms with Crippen LogP contribution in [0.4, 0.5) is 0 Å². The normalized spacial score (nSPS) is 23.4. The Morgan fingerprint density at radius 3 is 2.89 bits per heavy atom. The van der Waals surface area contributed by atoms with Gasteiger partial charge in [0.25, 0.3) is 0 Å². The number of aryl methyl sites for hydroxylation is 1. The quantitative estimate of drug-likeness (QED) is 0.886. The Hall–Kier alpha value is -1.60. The Bertz CT molecular complexity index is 453. The van der Waals surface area contributed by atoms with Crippen molar-refractivity contribution in [2.24, 2.45) is 0 Å². The van der Waals surface area contributed by atoms with Gasteiger partial charge in [-0.15, -0.1) is 0 Å². The number of likely N-dealkylation sites (N-methyl/N-ethyl adjacent to an activating group) is 1. The number of nitrogens with one attached hydrogen (secondary N) is 1. The Kier molecular flexibility index (Phi) is 4.16. The van der Waals surface area contributed by atoms with Crippen LogP contribution in [0.1, 0.15) is 36.9 Å². The molecule has 0 radical (unpaired) electrons. The molecule has 0 amide bonds. The van der Waals surface area contributed by atoms with Crippen LogP contribution in [0.5, 0.6) is 5.88 Å². The van der Waals surface area contributed by atoms with Gasteiger partial charge in [0.2, 0.25) is 5.88 Å². The summed E-state index contributed by atoms with van der Waals surface area (Å²) in [6.07, 6.45) is 4.78. The first kappa shape index (κ1) is 12.8. The van der Waals surface area contributed by atoms with Gasteiger partial charge in [-0.25, -0.2) is 4.98 Å². The smallest absolute Gasteiger partial charge is 0.215 e. The Morgan fingerprint density at radius 1 is 1.39 bits per heavy atom. The summed E-state index contributed by atoms with van der Waals surface area (Å²) in [6.45, 7) is 1.88. The minimum absolute atomic E-state index is 0.157. The molecule has 1 aromatic heterocycles. The lowest BCUT2D eigenvalue weighted by Gasteiger charge is -2.31. The fraction of sp³-hybridized carbons (Fsp3) is 0.571. The van der Waals surface area contributed by atoms with Crippen LogP contribution in [-0.2, 0) is 0 Å². The molecular formula is C14H19N3O. The summed E-state index contributed by atoms with van der Waals surface area (Å²) in [5.41, 5.74) is 1.43. The molecule has 0 aromatic carbocycles. The number of nitrogens with zero attached hydrogens (tertiary/aromatic N) is 2. The maximum absolute atomic E-state index is 8.94. The molecule has 1 aliphatic carbocycles. The van der Waals surface area contributed by atoms with Crippen molar-refractivity contribution in [1.29, 1.82) is 5.26 Å². The van der Waals surface area contributed by atoms with E-state index in [1.807, 2.05) is 14.0 Å². The van der Waals surface area contributed by atoms with E-state index in [2.05, 4.69) is 16.4 Å². The molecule has 2 rings (SSSR count). The number of nitriles is 1. The van der Waals surface area contributed by atoms with Gasteiger partial charge in [0.05, 0.1) is 11.6 Å². The predicted molar refractivity (Wildman–Crippen MR) is 69.4 cm³/mol. The number of pyridine rings is 1. The van der Waals surface area contributed by atoms with Crippen LogP contribution in [-0.4, -0.2) is 24.2 Å². The summed E-state index contributed by atoms with van der Waals surface area (Å²) in [5, 5.41) is 12.2. The zero-order chi connectivity index (χ0) is 13.0. The number of hydrogen-bond donors (Lipinski definition) is 1. The van der Waals surface area contributed by atoms with Gasteiger partial charge in [0.1, 0.15) is 6.10 Å². The van der Waals surface area contributed by atoms with Gasteiger partial charge in [-0.1, -0.05) is 6.42 Å². The summed E-state index contributed by atoms with van der Waals surface area (Å²) in [5.74, 6) is 0.568. The lowest BCUT2D eigenvalue weighted by molar-refractivity contribution is 0.112. The zero-order valence-electron chi connectivity index (χ0n) is 10.9. The largest absolute Gasteiger partial charge is 0.473 e. The van der Waals surface area contributed by atoms with E-state index in [9.17, 15) is 0 Å². The van der Waals surface area contributed by atoms with Crippen LogP contribution in [0.15, 0.2) is 12.1 Å². The summed E-state index contributed by atoms with van der Waals surface area (Å²) in [4.78, 5) is 4.34. The molecule has 4 nitrogen and oxygen atoms in total. The standard InChI is InChI=1S/C14H19N3O/c1-10-7-11(9-15)8-14(17-10)18-13-6-4-3-5-12(13)16-2/h7-8,12-13,16H,3-6H2,1-2H3. The first-order valence-electron chi connectivity index (χ1n) is 6.45. The van der Waals surface area contributed by atoms with Crippen molar-refractivity contribution in [3.8, 4) is 11.9 Å². The van der Waals surface area contributed by atoms with E-state index in [1.54, 1.807) is 12.1 Å². The van der Waals surface area contributed by atoms with Gasteiger partial charge in [-0.05, 0) is 39.3 Å². The van der Waals surface area contributed by atoms with Crippen LogP contribution < -0.4 is 10.1 Å². The van der Waals surface area contributed by atoms with E-state index < -0.39 is 0 Å². The lowest BCUT2D eigenvalue weighted by Crippen LogP contribution is -2.43. The monoisotopic (exact) mass is 245 g/mol. The van der Waals surface area contributed by atoms with Crippen molar-refractivity contribution in [2.45, 2.75) is 44.8 Å². The molecule has 2 atom stereocenters. The third-order valence-electron chi connectivity index (χ3n) is 3.40. The minimum Gasteiger partial charge on any atom is -0.473 e. The van der Waals surface area contributed by atoms with Gasteiger partial charge in [0.15, 0.2) is 0 Å². The number of hydrogen-bond acceptors (Lipinski definition) is 4. The van der Waals surface area contributed by atoms with Gasteiger partial charge in [0, 0.05) is 17.8 Å². The zero-order valence-corrected chi connectivity index (χ0v) is 10.9. The van der Waals surface area contributed by atoms with Crippen molar-refractivity contribution in [2.75, 3.05) is 7.05 Å². The molecule has 1 saturated carbocycles. The maximum Gasteiger partial charge on any atom is 0.215 e. The molecule has 1 aromatic rings. The molecule has 1 heterocycles. The highest BCUT2D eigenvalue weighted by molar-refractivity contribution is 5.34. The van der Waals surface area contributed by atoms with Crippen molar-refractivity contribution >= 4 is 0 Å². The summed E-state index contributed by atoms with van der Waals surface area (Å²) < 4.78 is 5.96. The van der Waals surface area contributed by atoms with Crippen molar-refractivity contribution in [1.82, 2.24) is 10.3 Å². The topological polar surface area (TPSA) is 57.9 Å². The summed E-state index contributed by atoms with van der Waals surface area (Å²) in [7, 11) is 1.97. The van der Waals surface area contributed by atoms with E-state index in [0.29, 0.717) is 17.5 Å². The molecule has 4 heteroatoms. The van der Waals surface area contributed by atoms with E-state index in [4.69, 9.17) is 10.00 Å². The molecule has 1 N–H and O–H groups in total. The van der Waals surface area contributed by atoms with E-state index in [1.165, 1.54) is 12.8 Å². The van der Waals surface area contributed by atoms with Gasteiger partial charge in [-0.3, -0.25) is 0 Å². The molecule has 18 heavy (non-hydrogen) atoms. The van der Waals surface area contributed by atoms with Crippen molar-refractivity contribution < 1.29 is 4.74 Å². The summed E-state index contributed by atoms with van der Waals surface area (Å²) >= 11 is 0. The molecule has 0 aliphatic heterocycles. The SMILES string of the molecule is CNC1CCCCC1Oc1cc(C#N)cc(C)n1. The molecular weight excluding hydrogens is 226 g/mol. The Morgan fingerprint density at radius 2 is 2.17 bits per heavy atom. The van der Waals surface area contributed by atoms with Crippen LogP contribution >= 0.6 is 0 Å². The van der Waals surface area contributed by atoms with E-state index >= 15 is 0 Å². The maximum atomic E-state index is 8.94. The summed E-state index contributed by atoms with van der Waals surface area (Å²) in [6, 6.07) is 6.00. The van der Waals surface area contributed by atoms with Crippen LogP contribution in [0.25, 0.3) is 0 Å². The lowest BCUT2D eigenvalue weighted by atomic mass is 9.92. The third-order valence-corrected chi connectivity index (χ3v) is 3.40. The van der Waals surface area contributed by atoms with Crippen molar-refractivity contribution in [3.63, 3.8) is 0 Å². The minimum atomic E-state index is 0.157. The van der Waals surface area contributed by atoms with Crippen LogP contribution in [0, 0.1) is 18.3 Å². The second kappa shape index (κ2) is 5.83. The van der Waals surface area contributed by atoms with E-state index in [-0.39, 0.29) is 6.10 Å². The molecule has 1 aliphatic rings. The van der Waals surface area contributed by atoms with Crippen molar-refractivity contribution in [3.05, 3.63) is 23.4 Å². The third kappa shape index (κ3) is 2.99. The Balaban J connectivity index is 2.12. The number of aromatic nitrogens is 1. The highest BCUT2D eigenvalue weighted by atomic mass is 16.5. The highest BCUT2D eigenvalue weighted by Gasteiger charge is 2.25. The second-order valence-corrected chi connectivity index (χ2v) is 4.78. The average Bonchev–Trinajstić information content (AvgIpc) is 2.38. The molecule has 96 valence electrons.